The zero-order valence-electron chi connectivity index (χ0n) is 17.6. The van der Waals surface area contributed by atoms with Gasteiger partial charge in [0.25, 0.3) is 11.8 Å². The minimum Gasteiger partial charge on any atom is -0.495 e. The number of urea groups is 1. The van der Waals surface area contributed by atoms with E-state index in [1.54, 1.807) is 32.9 Å². The Morgan fingerprint density at radius 2 is 1.90 bits per heavy atom. The molecule has 0 unspecified atom stereocenters. The van der Waals surface area contributed by atoms with Gasteiger partial charge in [-0.05, 0) is 38.3 Å². The summed E-state index contributed by atoms with van der Waals surface area (Å²) in [5.41, 5.74) is 0.0898. The molecule has 0 saturated carbocycles. The largest absolute Gasteiger partial charge is 0.495 e. The molecule has 30 heavy (non-hydrogen) atoms. The number of hydrogen-bond donors (Lipinski definition) is 2. The van der Waals surface area contributed by atoms with Gasteiger partial charge in [-0.3, -0.25) is 19.3 Å². The Morgan fingerprint density at radius 1 is 1.27 bits per heavy atom. The predicted molar refractivity (Wildman–Crippen MR) is 110 cm³/mol. The van der Waals surface area contributed by atoms with Crippen molar-refractivity contribution in [3.8, 4) is 5.75 Å². The second-order valence-corrected chi connectivity index (χ2v) is 7.44. The Kier molecular flexibility index (Phi) is 7.30. The third-order valence-electron chi connectivity index (χ3n) is 5.16. The summed E-state index contributed by atoms with van der Waals surface area (Å²) in [5, 5.41) is 5.73. The van der Waals surface area contributed by atoms with Gasteiger partial charge in [0, 0.05) is 11.1 Å². The summed E-state index contributed by atoms with van der Waals surface area (Å²) in [6.07, 6.45) is -0.359. The molecule has 0 radical (unpaired) electrons. The van der Waals surface area contributed by atoms with Gasteiger partial charge in [0.1, 0.15) is 17.8 Å². The summed E-state index contributed by atoms with van der Waals surface area (Å²) >= 11 is 6.05. The number of anilines is 1. The van der Waals surface area contributed by atoms with Gasteiger partial charge < -0.3 is 20.1 Å². The Morgan fingerprint density at radius 3 is 2.43 bits per heavy atom. The second-order valence-electron chi connectivity index (χ2n) is 7.03. The van der Waals surface area contributed by atoms with Crippen LogP contribution in [0.2, 0.25) is 5.02 Å². The Balaban J connectivity index is 2.01. The van der Waals surface area contributed by atoms with E-state index in [2.05, 4.69) is 10.6 Å². The first kappa shape index (κ1) is 23.5. The Bertz CT molecular complexity index is 868. The van der Waals surface area contributed by atoms with Crippen LogP contribution < -0.4 is 15.4 Å². The number of halogens is 1. The van der Waals surface area contributed by atoms with Crippen molar-refractivity contribution in [2.45, 2.75) is 52.2 Å². The molecule has 1 fully saturated rings. The van der Waals surface area contributed by atoms with Gasteiger partial charge in [-0.25, -0.2) is 4.79 Å². The molecule has 2 rings (SSSR count). The Hall–Kier alpha value is -2.81. The monoisotopic (exact) mass is 439 g/mol. The molecular formula is C20H26ClN3O6. The molecule has 1 aromatic carbocycles. The summed E-state index contributed by atoms with van der Waals surface area (Å²) in [6.45, 7) is 6.14. The third kappa shape index (κ3) is 4.67. The third-order valence-corrected chi connectivity index (χ3v) is 5.56. The molecule has 1 atom stereocenters. The fourth-order valence-electron chi connectivity index (χ4n) is 3.13. The number of carbonyl (C=O) groups excluding carboxylic acids is 4. The van der Waals surface area contributed by atoms with E-state index in [0.717, 1.165) is 10.5 Å². The fourth-order valence-corrected chi connectivity index (χ4v) is 3.28. The lowest BCUT2D eigenvalue weighted by Gasteiger charge is -2.23. The molecule has 1 aliphatic rings. The smallest absolute Gasteiger partial charge is 0.327 e. The fraction of sp³-hybridized carbons (Fsp3) is 0.500. The maximum atomic E-state index is 12.6. The number of benzene rings is 1. The highest BCUT2D eigenvalue weighted by atomic mass is 35.5. The number of hydrogen-bond acceptors (Lipinski definition) is 6. The average molecular weight is 440 g/mol. The van der Waals surface area contributed by atoms with E-state index in [9.17, 15) is 19.2 Å². The van der Waals surface area contributed by atoms with Crippen molar-refractivity contribution in [2.75, 3.05) is 19.0 Å². The number of carbonyl (C=O) groups is 4. The maximum Gasteiger partial charge on any atom is 0.327 e. The number of rotatable bonds is 8. The van der Waals surface area contributed by atoms with Gasteiger partial charge in [-0.2, -0.15) is 0 Å². The van der Waals surface area contributed by atoms with E-state index >= 15 is 0 Å². The van der Waals surface area contributed by atoms with E-state index in [4.69, 9.17) is 21.1 Å². The van der Waals surface area contributed by atoms with Crippen LogP contribution in [-0.4, -0.2) is 54.0 Å². The second kappa shape index (κ2) is 9.34. The number of esters is 1. The highest BCUT2D eigenvalue weighted by molar-refractivity contribution is 6.31. The van der Waals surface area contributed by atoms with Crippen LogP contribution in [0.15, 0.2) is 12.1 Å². The van der Waals surface area contributed by atoms with Gasteiger partial charge >= 0.3 is 12.0 Å². The molecule has 2 N–H and O–H groups in total. The number of aryl methyl sites for hydroxylation is 1. The number of imide groups is 1. The van der Waals surface area contributed by atoms with Gasteiger partial charge in [0.05, 0.1) is 12.8 Å². The topological polar surface area (TPSA) is 114 Å². The molecule has 1 aromatic rings. The zero-order chi connectivity index (χ0) is 22.6. The summed E-state index contributed by atoms with van der Waals surface area (Å²) in [6, 6.07) is 2.55. The van der Waals surface area contributed by atoms with Gasteiger partial charge in [-0.1, -0.05) is 25.4 Å². The molecular weight excluding hydrogens is 414 g/mol. The molecule has 1 saturated heterocycles. The molecule has 0 aromatic heterocycles. The van der Waals surface area contributed by atoms with Crippen molar-refractivity contribution in [3.05, 3.63) is 22.7 Å². The molecule has 10 heteroatoms. The van der Waals surface area contributed by atoms with Crippen molar-refractivity contribution in [3.63, 3.8) is 0 Å². The Labute approximate surface area is 180 Å². The van der Waals surface area contributed by atoms with Crippen LogP contribution in [0.25, 0.3) is 0 Å². The van der Waals surface area contributed by atoms with Gasteiger partial charge in [-0.15, -0.1) is 0 Å². The first-order valence-electron chi connectivity index (χ1n) is 9.57. The van der Waals surface area contributed by atoms with E-state index in [1.807, 2.05) is 0 Å². The SMILES string of the molecule is CCC1(CC)NC(=O)N(CC(=O)O[C@H](C)C(=O)Nc2cc(C)c(Cl)cc2OC)C1=O. The quantitative estimate of drug-likeness (QED) is 0.475. The molecule has 1 aliphatic heterocycles. The minimum absolute atomic E-state index is 0.354. The zero-order valence-corrected chi connectivity index (χ0v) is 18.4. The molecule has 164 valence electrons. The van der Waals surface area contributed by atoms with Crippen LogP contribution in [0.4, 0.5) is 10.5 Å². The highest BCUT2D eigenvalue weighted by Gasteiger charge is 2.49. The van der Waals surface area contributed by atoms with Crippen LogP contribution in [0.5, 0.6) is 5.75 Å². The molecule has 0 spiro atoms. The summed E-state index contributed by atoms with van der Waals surface area (Å²) in [5.74, 6) is -1.60. The number of methoxy groups -OCH3 is 1. The first-order valence-corrected chi connectivity index (χ1v) is 9.94. The van der Waals surface area contributed by atoms with Crippen LogP contribution in [0.1, 0.15) is 39.2 Å². The standard InChI is InChI=1S/C20H26ClN3O6/c1-6-20(7-2)18(27)24(19(28)23-20)10-16(25)30-12(4)17(26)22-14-8-11(3)13(21)9-15(14)29-5/h8-9,12H,6-7,10H2,1-5H3,(H,22,26)(H,23,28)/t12-/m1/s1. The van der Waals surface area contributed by atoms with Crippen molar-refractivity contribution >= 4 is 41.1 Å². The van der Waals surface area contributed by atoms with Crippen LogP contribution >= 0.6 is 11.6 Å². The highest BCUT2D eigenvalue weighted by Crippen LogP contribution is 2.31. The number of amides is 4. The van der Waals surface area contributed by atoms with Crippen molar-refractivity contribution < 1.29 is 28.7 Å². The first-order chi connectivity index (χ1) is 14.1. The summed E-state index contributed by atoms with van der Waals surface area (Å²) in [7, 11) is 1.44. The minimum atomic E-state index is -1.17. The number of nitrogens with one attached hydrogen (secondary N) is 2. The van der Waals surface area contributed by atoms with E-state index in [1.165, 1.54) is 14.0 Å². The lowest BCUT2D eigenvalue weighted by atomic mass is 9.93. The number of nitrogens with zero attached hydrogens (tertiary/aromatic N) is 1. The van der Waals surface area contributed by atoms with Crippen LogP contribution in [0.3, 0.4) is 0 Å². The summed E-state index contributed by atoms with van der Waals surface area (Å²) < 4.78 is 10.3. The molecule has 0 aliphatic carbocycles. The van der Waals surface area contributed by atoms with Gasteiger partial charge in [0.2, 0.25) is 0 Å². The molecule has 9 nitrogen and oxygen atoms in total. The van der Waals surface area contributed by atoms with Crippen molar-refractivity contribution in [1.29, 1.82) is 0 Å². The van der Waals surface area contributed by atoms with E-state index in [0.29, 0.717) is 29.3 Å². The molecule has 0 bridgehead atoms. The normalized spacial score (nSPS) is 16.1. The average Bonchev–Trinajstić information content (AvgIpc) is 2.94. The van der Waals surface area contributed by atoms with Crippen molar-refractivity contribution in [2.24, 2.45) is 0 Å². The maximum absolute atomic E-state index is 12.6. The van der Waals surface area contributed by atoms with E-state index < -0.39 is 42.0 Å². The van der Waals surface area contributed by atoms with E-state index in [-0.39, 0.29) is 0 Å². The van der Waals surface area contributed by atoms with Crippen LogP contribution in [-0.2, 0) is 19.1 Å². The predicted octanol–water partition coefficient (Wildman–Crippen LogP) is 2.64. The van der Waals surface area contributed by atoms with Gasteiger partial charge in [0.15, 0.2) is 6.10 Å². The van der Waals surface area contributed by atoms with Crippen molar-refractivity contribution in [1.82, 2.24) is 10.2 Å². The lowest BCUT2D eigenvalue weighted by molar-refractivity contribution is -0.155. The number of ether oxygens (including phenoxy) is 2. The summed E-state index contributed by atoms with van der Waals surface area (Å²) in [4.78, 5) is 50.2. The lowest BCUT2D eigenvalue weighted by Crippen LogP contribution is -2.46. The molecule has 4 amide bonds. The molecule has 1 heterocycles. The van der Waals surface area contributed by atoms with Crippen LogP contribution in [0, 0.1) is 6.92 Å².